The number of fused-ring (bicyclic) bond motifs is 1. The molecule has 1 aliphatic heterocycles. The van der Waals surface area contributed by atoms with Crippen LogP contribution in [0, 0.1) is 0 Å². The Morgan fingerprint density at radius 1 is 0.739 bits per heavy atom. The second-order valence-corrected chi connectivity index (χ2v) is 9.93. The van der Waals surface area contributed by atoms with Crippen molar-refractivity contribution in [1.29, 1.82) is 0 Å². The first-order chi connectivity index (χ1) is 22.2. The lowest BCUT2D eigenvalue weighted by Gasteiger charge is -2.19. The van der Waals surface area contributed by atoms with Crippen LogP contribution in [0.25, 0.3) is 6.08 Å². The summed E-state index contributed by atoms with van der Waals surface area (Å²) in [4.78, 5) is 38.9. The van der Waals surface area contributed by atoms with Crippen molar-refractivity contribution in [3.63, 3.8) is 0 Å². The van der Waals surface area contributed by atoms with Crippen molar-refractivity contribution in [3.05, 3.63) is 76.9 Å². The van der Waals surface area contributed by atoms with E-state index in [-0.39, 0.29) is 6.42 Å². The van der Waals surface area contributed by atoms with Gasteiger partial charge in [-0.1, -0.05) is 18.2 Å². The number of hydrogen-bond acceptors (Lipinski definition) is 12. The van der Waals surface area contributed by atoms with Gasteiger partial charge in [-0.2, -0.15) is 0 Å². The van der Waals surface area contributed by atoms with Crippen LogP contribution in [0.1, 0.15) is 34.3 Å². The molecule has 1 heterocycles. The first kappa shape index (κ1) is 33.5. The summed E-state index contributed by atoms with van der Waals surface area (Å²) in [5, 5.41) is 0. The average Bonchev–Trinajstić information content (AvgIpc) is 3.50. The molecule has 0 aliphatic carbocycles. The largest absolute Gasteiger partial charge is 0.493 e. The summed E-state index contributed by atoms with van der Waals surface area (Å²) in [5.74, 6) is -0.432. The quantitative estimate of drug-likeness (QED) is 0.149. The Hall–Kier alpha value is -5.39. The molecule has 12 nitrogen and oxygen atoms in total. The van der Waals surface area contributed by atoms with Crippen LogP contribution in [-0.4, -0.2) is 73.8 Å². The Morgan fingerprint density at radius 3 is 1.96 bits per heavy atom. The average molecular weight is 637 g/mol. The number of carbonyl (C=O) groups excluding carboxylic acids is 3. The minimum atomic E-state index is -1.25. The summed E-state index contributed by atoms with van der Waals surface area (Å²) in [6.45, 7) is 0. The Kier molecular flexibility index (Phi) is 11.0. The van der Waals surface area contributed by atoms with Gasteiger partial charge in [-0.25, -0.2) is 9.59 Å². The molecule has 0 fully saturated rings. The topological polar surface area (TPSA) is 134 Å². The molecule has 0 bridgehead atoms. The fraction of sp³-hybridized carbons (Fsp3) is 0.324. The summed E-state index contributed by atoms with van der Waals surface area (Å²) in [6, 6.07) is 13.6. The lowest BCUT2D eigenvalue weighted by atomic mass is 9.87. The Bertz CT molecular complexity index is 1610. The van der Waals surface area contributed by atoms with Gasteiger partial charge in [0, 0.05) is 18.1 Å². The Labute approximate surface area is 266 Å². The van der Waals surface area contributed by atoms with Gasteiger partial charge in [0.25, 0.3) is 0 Å². The third-order valence-electron chi connectivity index (χ3n) is 7.45. The number of rotatable bonds is 13. The molecule has 244 valence electrons. The molecule has 12 heteroatoms. The third kappa shape index (κ3) is 6.96. The van der Waals surface area contributed by atoms with Gasteiger partial charge in [0.2, 0.25) is 6.10 Å². The van der Waals surface area contributed by atoms with Gasteiger partial charge in [0.05, 0.1) is 49.8 Å². The summed E-state index contributed by atoms with van der Waals surface area (Å²) in [5.41, 5.74) is 2.19. The van der Waals surface area contributed by atoms with Gasteiger partial charge in [0.1, 0.15) is 12.0 Å². The van der Waals surface area contributed by atoms with E-state index in [1.807, 2.05) is 0 Å². The van der Waals surface area contributed by atoms with Crippen molar-refractivity contribution < 1.29 is 57.0 Å². The van der Waals surface area contributed by atoms with Crippen LogP contribution < -0.4 is 28.4 Å². The van der Waals surface area contributed by atoms with E-state index in [9.17, 15) is 14.4 Å². The predicted molar refractivity (Wildman–Crippen MR) is 165 cm³/mol. The fourth-order valence-corrected chi connectivity index (χ4v) is 5.21. The summed E-state index contributed by atoms with van der Waals surface area (Å²) in [7, 11) is 10.00. The second-order valence-electron chi connectivity index (χ2n) is 9.93. The highest BCUT2D eigenvalue weighted by atomic mass is 16.6. The van der Waals surface area contributed by atoms with Gasteiger partial charge < -0.3 is 42.6 Å². The first-order valence-electron chi connectivity index (χ1n) is 14.1. The number of ether oxygens (including phenoxy) is 9. The summed E-state index contributed by atoms with van der Waals surface area (Å²) >= 11 is 0. The number of methoxy groups -OCH3 is 7. The minimum absolute atomic E-state index is 0.0236. The van der Waals surface area contributed by atoms with Crippen molar-refractivity contribution in [3.8, 4) is 34.5 Å². The van der Waals surface area contributed by atoms with E-state index in [1.54, 1.807) is 48.5 Å². The zero-order valence-corrected chi connectivity index (χ0v) is 26.6. The van der Waals surface area contributed by atoms with Crippen LogP contribution >= 0.6 is 0 Å². The van der Waals surface area contributed by atoms with Crippen LogP contribution in [0.2, 0.25) is 0 Å². The van der Waals surface area contributed by atoms with E-state index in [0.29, 0.717) is 56.8 Å². The fourth-order valence-electron chi connectivity index (χ4n) is 5.21. The van der Waals surface area contributed by atoms with Gasteiger partial charge in [-0.3, -0.25) is 4.79 Å². The van der Waals surface area contributed by atoms with Crippen molar-refractivity contribution in [2.75, 3.05) is 49.8 Å². The van der Waals surface area contributed by atoms with Crippen LogP contribution in [0.3, 0.4) is 0 Å². The molecule has 3 atom stereocenters. The molecule has 4 rings (SSSR count). The van der Waals surface area contributed by atoms with Crippen molar-refractivity contribution in [1.82, 2.24) is 0 Å². The smallest absolute Gasteiger partial charge is 0.347 e. The molecule has 46 heavy (non-hydrogen) atoms. The van der Waals surface area contributed by atoms with Crippen LogP contribution in [0.4, 0.5) is 0 Å². The molecule has 0 aromatic heterocycles. The van der Waals surface area contributed by atoms with Crippen molar-refractivity contribution >= 4 is 24.0 Å². The summed E-state index contributed by atoms with van der Waals surface area (Å²) < 4.78 is 48.8. The Morgan fingerprint density at radius 2 is 1.35 bits per heavy atom. The lowest BCUT2D eigenvalue weighted by molar-refractivity contribution is -0.162. The molecule has 0 amide bonds. The zero-order valence-electron chi connectivity index (χ0n) is 26.6. The molecular formula is C34H36O12. The highest BCUT2D eigenvalue weighted by Crippen LogP contribution is 2.53. The van der Waals surface area contributed by atoms with Crippen LogP contribution in [0.15, 0.2) is 54.6 Å². The molecule has 0 spiro atoms. The Balaban J connectivity index is 1.65. The van der Waals surface area contributed by atoms with Gasteiger partial charge in [0.15, 0.2) is 34.5 Å². The number of hydrogen-bond donors (Lipinski definition) is 0. The number of carbonyl (C=O) groups is 3. The number of esters is 3. The van der Waals surface area contributed by atoms with Gasteiger partial charge in [-0.15, -0.1) is 0 Å². The van der Waals surface area contributed by atoms with E-state index in [2.05, 4.69) is 0 Å². The van der Waals surface area contributed by atoms with Crippen molar-refractivity contribution in [2.45, 2.75) is 24.5 Å². The van der Waals surface area contributed by atoms with E-state index >= 15 is 0 Å². The van der Waals surface area contributed by atoms with E-state index < -0.39 is 36.0 Å². The molecule has 1 aliphatic rings. The molecular weight excluding hydrogens is 600 g/mol. The standard InChI is InChI=1S/C34H36O12/c1-38-22-12-8-19(16-25(22)41-4)17-27(33(36)43-6)45-28(35)15-11-20-9-14-24(40-3)32-29(20)30(34(37)44-7)31(46-32)21-10-13-23(39-2)26(18-21)42-5/h8-16,18,27,30-31H,17H2,1-7H3/b15-11+/t27-,30-,31+/m1/s1. The number of benzene rings is 3. The molecule has 0 radical (unpaired) electrons. The van der Waals surface area contributed by atoms with Gasteiger partial charge >= 0.3 is 17.9 Å². The summed E-state index contributed by atoms with van der Waals surface area (Å²) in [6.07, 6.45) is 0.590. The van der Waals surface area contributed by atoms with E-state index in [1.165, 1.54) is 55.8 Å². The molecule has 0 saturated carbocycles. The maximum absolute atomic E-state index is 13.3. The van der Waals surface area contributed by atoms with Crippen LogP contribution in [-0.2, 0) is 35.0 Å². The normalized spacial score (nSPS) is 15.6. The molecule has 0 saturated heterocycles. The predicted octanol–water partition coefficient (Wildman–Crippen LogP) is 4.46. The molecule has 3 aromatic rings. The van der Waals surface area contributed by atoms with E-state index in [0.717, 1.165) is 6.08 Å². The molecule has 3 aromatic carbocycles. The first-order valence-corrected chi connectivity index (χ1v) is 14.1. The second kappa shape index (κ2) is 15.1. The minimum Gasteiger partial charge on any atom is -0.493 e. The highest BCUT2D eigenvalue weighted by molar-refractivity contribution is 5.91. The lowest BCUT2D eigenvalue weighted by Crippen LogP contribution is -2.30. The van der Waals surface area contributed by atoms with Crippen molar-refractivity contribution in [2.24, 2.45) is 0 Å². The van der Waals surface area contributed by atoms with E-state index in [4.69, 9.17) is 42.6 Å². The molecule has 0 N–H and O–H groups in total. The molecule has 0 unspecified atom stereocenters. The monoisotopic (exact) mass is 636 g/mol. The zero-order chi connectivity index (χ0) is 33.4. The SMILES string of the molecule is COC(=O)[C@@H]1c2c(/C=C/C(=O)O[C@H](Cc3ccc(OC)c(OC)c3)C(=O)OC)ccc(OC)c2O[C@H]1c1ccc(OC)c(OC)c1. The van der Waals surface area contributed by atoms with Gasteiger partial charge in [-0.05, 0) is 53.1 Å². The third-order valence-corrected chi connectivity index (χ3v) is 7.45. The maximum atomic E-state index is 13.3. The maximum Gasteiger partial charge on any atom is 0.347 e. The van der Waals surface area contributed by atoms with Crippen LogP contribution in [0.5, 0.6) is 34.5 Å². The highest BCUT2D eigenvalue weighted by Gasteiger charge is 2.44.